The Balaban J connectivity index is 0.000000151. The summed E-state index contributed by atoms with van der Waals surface area (Å²) in [5.74, 6) is 0.406. The van der Waals surface area contributed by atoms with E-state index in [1.54, 1.807) is 12.3 Å². The highest BCUT2D eigenvalue weighted by Crippen LogP contribution is 2.21. The van der Waals surface area contributed by atoms with Gasteiger partial charge in [-0.15, -0.1) is 0 Å². The molecule has 1 aliphatic rings. The van der Waals surface area contributed by atoms with E-state index in [4.69, 9.17) is 11.6 Å². The van der Waals surface area contributed by atoms with Gasteiger partial charge in [-0.3, -0.25) is 0 Å². The van der Waals surface area contributed by atoms with Crippen molar-refractivity contribution in [3.05, 3.63) is 29.5 Å². The molecule has 15 heavy (non-hydrogen) atoms. The Labute approximate surface area is 95.7 Å². The van der Waals surface area contributed by atoms with Gasteiger partial charge in [0.1, 0.15) is 11.4 Å². The van der Waals surface area contributed by atoms with Crippen molar-refractivity contribution in [1.82, 2.24) is 4.98 Å². The zero-order valence-corrected chi connectivity index (χ0v) is 9.49. The van der Waals surface area contributed by atoms with Crippen LogP contribution in [0.5, 0.6) is 0 Å². The van der Waals surface area contributed by atoms with E-state index in [2.05, 4.69) is 4.98 Å². The largest absolute Gasteiger partial charge is 0.303 e. The predicted molar refractivity (Wildman–Crippen MR) is 61.9 cm³/mol. The second-order valence-electron chi connectivity index (χ2n) is 3.69. The van der Waals surface area contributed by atoms with Crippen molar-refractivity contribution in [3.63, 3.8) is 0 Å². The predicted octanol–water partition coefficient (Wildman–Crippen LogP) is 3.50. The molecule has 1 fully saturated rings. The SMILES string of the molecule is Clc1ccccn1.O=CC1CCCCC1. The maximum Gasteiger partial charge on any atom is 0.129 e. The highest BCUT2D eigenvalue weighted by atomic mass is 35.5. The van der Waals surface area contributed by atoms with Gasteiger partial charge in [-0.2, -0.15) is 0 Å². The van der Waals surface area contributed by atoms with Gasteiger partial charge in [-0.1, -0.05) is 36.9 Å². The Morgan fingerprint density at radius 1 is 1.27 bits per heavy atom. The van der Waals surface area contributed by atoms with Crippen LogP contribution in [0.4, 0.5) is 0 Å². The molecule has 0 amide bonds. The Bertz CT molecular complexity index is 270. The van der Waals surface area contributed by atoms with Crippen LogP contribution < -0.4 is 0 Å². The van der Waals surface area contributed by atoms with Gasteiger partial charge in [-0.05, 0) is 25.0 Å². The average Bonchev–Trinajstić information content (AvgIpc) is 2.32. The number of hydrogen-bond acceptors (Lipinski definition) is 2. The second kappa shape index (κ2) is 7.41. The van der Waals surface area contributed by atoms with Crippen molar-refractivity contribution in [2.75, 3.05) is 0 Å². The number of halogens is 1. The maximum absolute atomic E-state index is 10.2. The number of pyridine rings is 1. The molecular weight excluding hydrogens is 210 g/mol. The van der Waals surface area contributed by atoms with Gasteiger partial charge < -0.3 is 4.79 Å². The van der Waals surface area contributed by atoms with Crippen molar-refractivity contribution in [2.24, 2.45) is 5.92 Å². The summed E-state index contributed by atoms with van der Waals surface area (Å²) in [6.45, 7) is 0. The molecule has 2 nitrogen and oxygen atoms in total. The Hall–Kier alpha value is -0.890. The van der Waals surface area contributed by atoms with Crippen LogP contribution in [-0.4, -0.2) is 11.3 Å². The number of aldehydes is 1. The number of aromatic nitrogens is 1. The molecule has 0 atom stereocenters. The second-order valence-corrected chi connectivity index (χ2v) is 4.07. The first-order valence-electron chi connectivity index (χ1n) is 5.34. The monoisotopic (exact) mass is 225 g/mol. The van der Waals surface area contributed by atoms with Crippen LogP contribution in [0.3, 0.4) is 0 Å². The molecule has 0 radical (unpaired) electrons. The third-order valence-corrected chi connectivity index (χ3v) is 2.69. The van der Waals surface area contributed by atoms with Crippen LogP contribution in [0, 0.1) is 5.92 Å². The summed E-state index contributed by atoms with van der Waals surface area (Å²) < 4.78 is 0. The molecule has 0 N–H and O–H groups in total. The fourth-order valence-corrected chi connectivity index (χ4v) is 1.74. The molecule has 1 aliphatic carbocycles. The van der Waals surface area contributed by atoms with Crippen LogP contribution in [0.1, 0.15) is 32.1 Å². The first kappa shape index (κ1) is 12.2. The zero-order chi connectivity index (χ0) is 10.9. The summed E-state index contributed by atoms with van der Waals surface area (Å²) in [4.78, 5) is 13.9. The summed E-state index contributed by atoms with van der Waals surface area (Å²) in [7, 11) is 0. The van der Waals surface area contributed by atoms with E-state index in [0.717, 1.165) is 19.1 Å². The van der Waals surface area contributed by atoms with Crippen molar-refractivity contribution < 1.29 is 4.79 Å². The van der Waals surface area contributed by atoms with Crippen LogP contribution in [0.25, 0.3) is 0 Å². The Morgan fingerprint density at radius 2 is 2.00 bits per heavy atom. The van der Waals surface area contributed by atoms with Gasteiger partial charge in [0.25, 0.3) is 0 Å². The number of nitrogens with zero attached hydrogens (tertiary/aromatic N) is 1. The minimum Gasteiger partial charge on any atom is -0.303 e. The molecule has 1 aromatic heterocycles. The van der Waals surface area contributed by atoms with E-state index < -0.39 is 0 Å². The third kappa shape index (κ3) is 5.53. The first-order chi connectivity index (χ1) is 7.33. The van der Waals surface area contributed by atoms with Gasteiger partial charge in [0, 0.05) is 12.1 Å². The lowest BCUT2D eigenvalue weighted by atomic mass is 9.91. The van der Waals surface area contributed by atoms with Crippen molar-refractivity contribution in [1.29, 1.82) is 0 Å². The quantitative estimate of drug-likeness (QED) is 0.541. The smallest absolute Gasteiger partial charge is 0.129 e. The molecule has 0 bridgehead atoms. The van der Waals surface area contributed by atoms with E-state index in [1.807, 2.05) is 12.1 Å². The van der Waals surface area contributed by atoms with E-state index in [1.165, 1.54) is 19.3 Å². The van der Waals surface area contributed by atoms with Crippen LogP contribution >= 0.6 is 11.6 Å². The van der Waals surface area contributed by atoms with Crippen molar-refractivity contribution in [2.45, 2.75) is 32.1 Å². The minimum atomic E-state index is 0.406. The zero-order valence-electron chi connectivity index (χ0n) is 8.73. The Kier molecular flexibility index (Phi) is 6.02. The van der Waals surface area contributed by atoms with E-state index >= 15 is 0 Å². The van der Waals surface area contributed by atoms with Gasteiger partial charge in [-0.25, -0.2) is 4.98 Å². The highest BCUT2D eigenvalue weighted by Gasteiger charge is 2.10. The van der Waals surface area contributed by atoms with Gasteiger partial charge in [0.2, 0.25) is 0 Å². The molecule has 1 saturated carbocycles. The van der Waals surface area contributed by atoms with Crippen LogP contribution in [0.15, 0.2) is 24.4 Å². The normalized spacial score (nSPS) is 16.3. The lowest BCUT2D eigenvalue weighted by Gasteiger charge is -2.14. The summed E-state index contributed by atoms with van der Waals surface area (Å²) in [6, 6.07) is 5.41. The van der Waals surface area contributed by atoms with Gasteiger partial charge in [0.15, 0.2) is 0 Å². The number of rotatable bonds is 1. The standard InChI is InChI=1S/C7H12O.C5H4ClN/c8-6-7-4-2-1-3-5-7;6-5-3-1-2-4-7-5/h6-7H,1-5H2;1-4H. The van der Waals surface area contributed by atoms with E-state index in [9.17, 15) is 4.79 Å². The molecule has 82 valence electrons. The number of carbonyl (C=O) groups excluding carboxylic acids is 1. The molecule has 1 heterocycles. The third-order valence-electron chi connectivity index (χ3n) is 2.47. The molecule has 3 heteroatoms. The fourth-order valence-electron chi connectivity index (χ4n) is 1.61. The first-order valence-corrected chi connectivity index (χ1v) is 5.72. The highest BCUT2D eigenvalue weighted by molar-refractivity contribution is 6.29. The van der Waals surface area contributed by atoms with Crippen LogP contribution in [0.2, 0.25) is 5.15 Å². The van der Waals surface area contributed by atoms with Crippen molar-refractivity contribution in [3.8, 4) is 0 Å². The maximum atomic E-state index is 10.2. The van der Waals surface area contributed by atoms with Crippen LogP contribution in [-0.2, 0) is 4.79 Å². The topological polar surface area (TPSA) is 30.0 Å². The molecule has 0 aliphatic heterocycles. The Morgan fingerprint density at radius 3 is 2.33 bits per heavy atom. The molecule has 2 rings (SSSR count). The molecule has 0 spiro atoms. The molecule has 0 saturated heterocycles. The minimum absolute atomic E-state index is 0.406. The van der Waals surface area contributed by atoms with Gasteiger partial charge >= 0.3 is 0 Å². The summed E-state index contributed by atoms with van der Waals surface area (Å²) >= 11 is 5.43. The lowest BCUT2D eigenvalue weighted by Crippen LogP contribution is -2.06. The van der Waals surface area contributed by atoms with E-state index in [0.29, 0.717) is 11.1 Å². The van der Waals surface area contributed by atoms with Gasteiger partial charge in [0.05, 0.1) is 0 Å². The number of carbonyl (C=O) groups is 1. The average molecular weight is 226 g/mol. The summed E-state index contributed by atoms with van der Waals surface area (Å²) in [6.07, 6.45) is 8.92. The molecule has 1 aromatic rings. The fraction of sp³-hybridized carbons (Fsp3) is 0.500. The molecule has 0 unspecified atom stereocenters. The van der Waals surface area contributed by atoms with Crippen molar-refractivity contribution >= 4 is 17.9 Å². The lowest BCUT2D eigenvalue weighted by molar-refractivity contribution is -0.111. The molecular formula is C12H16ClNO. The summed E-state index contributed by atoms with van der Waals surface area (Å²) in [5.41, 5.74) is 0. The van der Waals surface area contributed by atoms with E-state index in [-0.39, 0.29) is 0 Å². The molecule has 0 aromatic carbocycles. The summed E-state index contributed by atoms with van der Waals surface area (Å²) in [5, 5.41) is 0.544. The number of hydrogen-bond donors (Lipinski definition) is 0.